The molecule has 2 aliphatic rings. The molecular weight excluding hydrogens is 456 g/mol. The summed E-state index contributed by atoms with van der Waals surface area (Å²) in [5, 5.41) is 6.79. The lowest BCUT2D eigenvalue weighted by atomic mass is 10.1. The van der Waals surface area contributed by atoms with Crippen molar-refractivity contribution in [3.8, 4) is 0 Å². The lowest BCUT2D eigenvalue weighted by molar-refractivity contribution is 0.742. The molecule has 0 aromatic heterocycles. The van der Waals surface area contributed by atoms with Crippen LogP contribution in [-0.2, 0) is 11.5 Å². The van der Waals surface area contributed by atoms with Gasteiger partial charge in [-0.15, -0.1) is 23.5 Å². The van der Waals surface area contributed by atoms with Gasteiger partial charge in [0.1, 0.15) is 11.7 Å². The SMILES string of the molecule is c1cc(SCc2ccc(C3=NCCCN3)cc2)cc(SCc2ccc(C3=NCCCN3)cc2)c1. The van der Waals surface area contributed by atoms with Crippen molar-refractivity contribution >= 4 is 35.2 Å². The fourth-order valence-corrected chi connectivity index (χ4v) is 5.85. The van der Waals surface area contributed by atoms with Crippen LogP contribution in [0.2, 0.25) is 0 Å². The molecule has 174 valence electrons. The summed E-state index contributed by atoms with van der Waals surface area (Å²) in [6.07, 6.45) is 2.24. The molecule has 2 N–H and O–H groups in total. The molecule has 0 bridgehead atoms. The summed E-state index contributed by atoms with van der Waals surface area (Å²) in [5.41, 5.74) is 5.03. The number of nitrogens with one attached hydrogen (secondary N) is 2. The molecule has 0 unspecified atom stereocenters. The predicted molar refractivity (Wildman–Crippen MR) is 146 cm³/mol. The van der Waals surface area contributed by atoms with E-state index in [0.717, 1.165) is 62.2 Å². The largest absolute Gasteiger partial charge is 0.370 e. The Bertz CT molecular complexity index is 1070. The number of hydrogen-bond acceptors (Lipinski definition) is 6. The van der Waals surface area contributed by atoms with Crippen molar-refractivity contribution in [3.63, 3.8) is 0 Å². The summed E-state index contributed by atoms with van der Waals surface area (Å²) >= 11 is 3.78. The van der Waals surface area contributed by atoms with E-state index in [4.69, 9.17) is 0 Å². The molecule has 2 aliphatic heterocycles. The number of amidine groups is 2. The van der Waals surface area contributed by atoms with Crippen LogP contribution in [-0.4, -0.2) is 37.9 Å². The number of aliphatic imine (C=N–C) groups is 2. The molecule has 0 saturated heterocycles. The van der Waals surface area contributed by atoms with Crippen LogP contribution in [0, 0.1) is 0 Å². The second kappa shape index (κ2) is 11.6. The molecule has 0 amide bonds. The van der Waals surface area contributed by atoms with Gasteiger partial charge in [0.05, 0.1) is 0 Å². The number of nitrogens with zero attached hydrogens (tertiary/aromatic N) is 2. The van der Waals surface area contributed by atoms with Crippen LogP contribution in [0.15, 0.2) is 92.6 Å². The number of benzene rings is 3. The first-order valence-corrected chi connectivity index (χ1v) is 13.9. The molecule has 6 heteroatoms. The molecule has 0 spiro atoms. The quantitative estimate of drug-likeness (QED) is 0.398. The topological polar surface area (TPSA) is 48.8 Å². The molecule has 3 aromatic carbocycles. The Kier molecular flexibility index (Phi) is 7.89. The van der Waals surface area contributed by atoms with E-state index >= 15 is 0 Å². The Balaban J connectivity index is 1.13. The average Bonchev–Trinajstić information content (AvgIpc) is 2.93. The van der Waals surface area contributed by atoms with Crippen molar-refractivity contribution in [1.29, 1.82) is 0 Å². The van der Waals surface area contributed by atoms with E-state index < -0.39 is 0 Å². The maximum atomic E-state index is 4.59. The van der Waals surface area contributed by atoms with Crippen molar-refractivity contribution in [1.82, 2.24) is 10.6 Å². The van der Waals surface area contributed by atoms with E-state index in [1.807, 2.05) is 23.5 Å². The smallest absolute Gasteiger partial charge is 0.128 e. The van der Waals surface area contributed by atoms with Crippen LogP contribution < -0.4 is 10.6 Å². The Morgan fingerprint density at radius 1 is 0.618 bits per heavy atom. The first kappa shape index (κ1) is 23.1. The normalized spacial score (nSPS) is 15.6. The summed E-state index contributed by atoms with van der Waals surface area (Å²) in [6, 6.07) is 26.5. The van der Waals surface area contributed by atoms with Crippen molar-refractivity contribution in [2.45, 2.75) is 34.1 Å². The minimum absolute atomic E-state index is 0.923. The zero-order chi connectivity index (χ0) is 23.0. The third-order valence-corrected chi connectivity index (χ3v) is 8.00. The lowest BCUT2D eigenvalue weighted by Crippen LogP contribution is -2.30. The van der Waals surface area contributed by atoms with Crippen LogP contribution in [0.1, 0.15) is 35.1 Å². The highest BCUT2D eigenvalue weighted by Gasteiger charge is 2.08. The van der Waals surface area contributed by atoms with Gasteiger partial charge in [0.25, 0.3) is 0 Å². The highest BCUT2D eigenvalue weighted by Crippen LogP contribution is 2.29. The molecule has 5 rings (SSSR count). The molecule has 0 saturated carbocycles. The highest BCUT2D eigenvalue weighted by molar-refractivity contribution is 7.99. The molecule has 3 aromatic rings. The van der Waals surface area contributed by atoms with E-state index in [-0.39, 0.29) is 0 Å². The predicted octanol–water partition coefficient (Wildman–Crippen LogP) is 5.75. The van der Waals surface area contributed by atoms with E-state index in [1.165, 1.54) is 32.0 Å². The van der Waals surface area contributed by atoms with Gasteiger partial charge in [0, 0.05) is 58.6 Å². The summed E-state index contributed by atoms with van der Waals surface area (Å²) in [5.74, 6) is 4.00. The Morgan fingerprint density at radius 3 is 1.50 bits per heavy atom. The second-order valence-corrected chi connectivity index (χ2v) is 10.6. The van der Waals surface area contributed by atoms with Crippen molar-refractivity contribution in [2.24, 2.45) is 9.98 Å². The van der Waals surface area contributed by atoms with Gasteiger partial charge in [0.2, 0.25) is 0 Å². The standard InChI is InChI=1S/C28H30N4S2/c1-4-25(33-19-21-6-10-23(11-7-21)27-29-14-2-15-30-27)18-26(5-1)34-20-22-8-12-24(13-9-22)28-31-16-3-17-32-28/h1,4-13,18H,2-3,14-17,19-20H2,(H,29,30)(H,31,32). The molecule has 2 heterocycles. The zero-order valence-corrected chi connectivity index (χ0v) is 20.9. The van der Waals surface area contributed by atoms with Crippen molar-refractivity contribution in [3.05, 3.63) is 95.1 Å². The van der Waals surface area contributed by atoms with Crippen LogP contribution in [0.4, 0.5) is 0 Å². The first-order chi connectivity index (χ1) is 16.8. The fraction of sp³-hybridized carbons (Fsp3) is 0.286. The third-order valence-electron chi connectivity index (χ3n) is 5.87. The van der Waals surface area contributed by atoms with E-state index in [2.05, 4.69) is 93.4 Å². The monoisotopic (exact) mass is 486 g/mol. The van der Waals surface area contributed by atoms with Gasteiger partial charge in [-0.2, -0.15) is 0 Å². The van der Waals surface area contributed by atoms with E-state index in [1.54, 1.807) is 0 Å². The van der Waals surface area contributed by atoms with Crippen LogP contribution in [0.5, 0.6) is 0 Å². The number of thioether (sulfide) groups is 2. The number of hydrogen-bond donors (Lipinski definition) is 2. The Morgan fingerprint density at radius 2 is 1.09 bits per heavy atom. The van der Waals surface area contributed by atoms with Gasteiger partial charge in [-0.3, -0.25) is 9.98 Å². The second-order valence-electron chi connectivity index (χ2n) is 8.47. The minimum atomic E-state index is 0.923. The van der Waals surface area contributed by atoms with E-state index in [0.29, 0.717) is 0 Å². The average molecular weight is 487 g/mol. The third kappa shape index (κ3) is 6.24. The van der Waals surface area contributed by atoms with Crippen LogP contribution in [0.3, 0.4) is 0 Å². The minimum Gasteiger partial charge on any atom is -0.370 e. The zero-order valence-electron chi connectivity index (χ0n) is 19.3. The van der Waals surface area contributed by atoms with Gasteiger partial charge in [-0.1, -0.05) is 54.6 Å². The summed E-state index contributed by atoms with van der Waals surface area (Å²) in [4.78, 5) is 11.8. The van der Waals surface area contributed by atoms with Crippen molar-refractivity contribution < 1.29 is 0 Å². The molecule has 34 heavy (non-hydrogen) atoms. The van der Waals surface area contributed by atoms with Gasteiger partial charge >= 0.3 is 0 Å². The maximum absolute atomic E-state index is 4.59. The lowest BCUT2D eigenvalue weighted by Gasteiger charge is -2.15. The van der Waals surface area contributed by atoms with Crippen LogP contribution in [0.25, 0.3) is 0 Å². The Labute approximate surface area is 210 Å². The summed E-state index contributed by atoms with van der Waals surface area (Å²) < 4.78 is 0. The Hall–Kier alpha value is -2.70. The molecule has 0 aliphatic carbocycles. The summed E-state index contributed by atoms with van der Waals surface area (Å²) in [7, 11) is 0. The first-order valence-electron chi connectivity index (χ1n) is 11.9. The molecule has 0 radical (unpaired) electrons. The molecule has 0 atom stereocenters. The van der Waals surface area contributed by atoms with Gasteiger partial charge in [-0.05, 0) is 42.2 Å². The van der Waals surface area contributed by atoms with Gasteiger partial charge in [0.15, 0.2) is 0 Å². The molecule has 4 nitrogen and oxygen atoms in total. The highest BCUT2D eigenvalue weighted by atomic mass is 32.2. The number of rotatable bonds is 8. The van der Waals surface area contributed by atoms with Crippen LogP contribution >= 0.6 is 23.5 Å². The molecule has 0 fully saturated rings. The molecular formula is C28H30N4S2. The summed E-state index contributed by atoms with van der Waals surface area (Å²) in [6.45, 7) is 3.88. The van der Waals surface area contributed by atoms with Gasteiger partial charge < -0.3 is 10.6 Å². The fourth-order valence-electron chi connectivity index (χ4n) is 3.96. The van der Waals surface area contributed by atoms with Crippen molar-refractivity contribution in [2.75, 3.05) is 26.2 Å². The maximum Gasteiger partial charge on any atom is 0.128 e. The van der Waals surface area contributed by atoms with E-state index in [9.17, 15) is 0 Å². The van der Waals surface area contributed by atoms with Gasteiger partial charge in [-0.25, -0.2) is 0 Å².